The lowest BCUT2D eigenvalue weighted by Crippen LogP contribution is -2.30. The minimum atomic E-state index is -4.79. The summed E-state index contributed by atoms with van der Waals surface area (Å²) in [6, 6.07) is 4.05. The van der Waals surface area contributed by atoms with Crippen molar-refractivity contribution in [3.8, 4) is 0 Å². The zero-order valence-corrected chi connectivity index (χ0v) is 16.6. The second-order valence-electron chi connectivity index (χ2n) is 6.00. The molecule has 1 aromatic heterocycles. The van der Waals surface area contributed by atoms with E-state index >= 15 is 0 Å². The molecular formula is C17H18ClF3N2O4S. The maximum Gasteiger partial charge on any atom is 0.417 e. The summed E-state index contributed by atoms with van der Waals surface area (Å²) >= 11 is 5.48. The molecule has 0 aliphatic rings. The van der Waals surface area contributed by atoms with Crippen LogP contribution in [0.1, 0.15) is 29.1 Å². The first-order valence-electron chi connectivity index (χ1n) is 8.09. The fraction of sp³-hybridized carbons (Fsp3) is 0.353. The van der Waals surface area contributed by atoms with Crippen LogP contribution in [0.5, 0.6) is 0 Å². The maximum absolute atomic E-state index is 12.9. The van der Waals surface area contributed by atoms with Crippen LogP contribution in [-0.4, -0.2) is 20.9 Å². The van der Waals surface area contributed by atoms with Crippen molar-refractivity contribution in [2.75, 3.05) is 6.54 Å². The molecule has 6 nitrogen and oxygen atoms in total. The van der Waals surface area contributed by atoms with Gasteiger partial charge in [-0.05, 0) is 38.1 Å². The van der Waals surface area contributed by atoms with Gasteiger partial charge in [0.2, 0.25) is 15.9 Å². The molecule has 28 heavy (non-hydrogen) atoms. The maximum atomic E-state index is 12.9. The predicted octanol–water partition coefficient (Wildman–Crippen LogP) is 3.55. The lowest BCUT2D eigenvalue weighted by molar-refractivity contribution is -0.137. The number of sulfonamides is 1. The summed E-state index contributed by atoms with van der Waals surface area (Å²) in [5, 5.41) is 2.01. The summed E-state index contributed by atoms with van der Waals surface area (Å²) in [6.45, 7) is 3.47. The molecule has 1 amide bonds. The van der Waals surface area contributed by atoms with Crippen LogP contribution < -0.4 is 10.0 Å². The quantitative estimate of drug-likeness (QED) is 0.692. The number of amides is 1. The van der Waals surface area contributed by atoms with Gasteiger partial charge in [-0.1, -0.05) is 11.6 Å². The van der Waals surface area contributed by atoms with Crippen molar-refractivity contribution in [2.24, 2.45) is 0 Å². The van der Waals surface area contributed by atoms with Gasteiger partial charge in [-0.2, -0.15) is 13.2 Å². The number of alkyl halides is 3. The zero-order valence-electron chi connectivity index (χ0n) is 15.0. The van der Waals surface area contributed by atoms with E-state index in [2.05, 4.69) is 10.0 Å². The fourth-order valence-electron chi connectivity index (χ4n) is 2.41. The second kappa shape index (κ2) is 8.54. The van der Waals surface area contributed by atoms with Gasteiger partial charge in [0.25, 0.3) is 0 Å². The molecule has 0 spiro atoms. The van der Waals surface area contributed by atoms with E-state index in [0.29, 0.717) is 17.6 Å². The molecule has 0 saturated heterocycles. The molecule has 0 saturated carbocycles. The number of rotatable bonds is 7. The highest BCUT2D eigenvalue weighted by atomic mass is 35.5. The first-order valence-corrected chi connectivity index (χ1v) is 9.95. The highest BCUT2D eigenvalue weighted by Crippen LogP contribution is 2.35. The van der Waals surface area contributed by atoms with Crippen molar-refractivity contribution in [3.05, 3.63) is 51.9 Å². The minimum Gasteiger partial charge on any atom is -0.466 e. The normalized spacial score (nSPS) is 12.2. The van der Waals surface area contributed by atoms with E-state index in [1.165, 1.54) is 0 Å². The molecule has 154 valence electrons. The van der Waals surface area contributed by atoms with Crippen molar-refractivity contribution in [3.63, 3.8) is 0 Å². The second-order valence-corrected chi connectivity index (χ2v) is 8.18. The third kappa shape index (κ3) is 5.73. The monoisotopic (exact) mass is 438 g/mol. The number of halogens is 4. The Morgan fingerprint density at radius 2 is 1.89 bits per heavy atom. The molecule has 0 bridgehead atoms. The van der Waals surface area contributed by atoms with Crippen LogP contribution in [0.3, 0.4) is 0 Å². The Morgan fingerprint density at radius 1 is 1.21 bits per heavy atom. The molecule has 0 radical (unpaired) electrons. The lowest BCUT2D eigenvalue weighted by Gasteiger charge is -2.12. The average Bonchev–Trinajstić information content (AvgIpc) is 2.89. The van der Waals surface area contributed by atoms with Crippen molar-refractivity contribution in [1.29, 1.82) is 0 Å². The number of aryl methyl sites for hydroxylation is 2. The Morgan fingerprint density at radius 3 is 2.46 bits per heavy atom. The Kier molecular flexibility index (Phi) is 6.79. The topological polar surface area (TPSA) is 88.4 Å². The molecular weight excluding hydrogens is 421 g/mol. The van der Waals surface area contributed by atoms with Gasteiger partial charge in [0.05, 0.1) is 15.5 Å². The number of carbonyl (C=O) groups excluding carboxylic acids is 1. The van der Waals surface area contributed by atoms with Crippen molar-refractivity contribution >= 4 is 27.5 Å². The third-order valence-electron chi connectivity index (χ3n) is 3.82. The number of nitrogens with one attached hydrogen (secondary N) is 2. The van der Waals surface area contributed by atoms with Gasteiger partial charge < -0.3 is 9.73 Å². The smallest absolute Gasteiger partial charge is 0.417 e. The number of hydrogen-bond donors (Lipinski definition) is 2. The van der Waals surface area contributed by atoms with Crippen LogP contribution in [0.2, 0.25) is 5.02 Å². The molecule has 0 aliphatic carbocycles. The molecule has 2 rings (SSSR count). The first kappa shape index (κ1) is 22.3. The van der Waals surface area contributed by atoms with E-state index in [4.69, 9.17) is 16.0 Å². The summed E-state index contributed by atoms with van der Waals surface area (Å²) in [4.78, 5) is 11.3. The Labute approximate surface area is 165 Å². The van der Waals surface area contributed by atoms with Crippen molar-refractivity contribution in [2.45, 2.75) is 37.9 Å². The van der Waals surface area contributed by atoms with Gasteiger partial charge in [-0.25, -0.2) is 13.1 Å². The average molecular weight is 439 g/mol. The van der Waals surface area contributed by atoms with E-state index in [1.54, 1.807) is 19.9 Å². The van der Waals surface area contributed by atoms with E-state index in [9.17, 15) is 26.4 Å². The fourth-order valence-corrected chi connectivity index (χ4v) is 3.69. The number of carbonyl (C=O) groups is 1. The van der Waals surface area contributed by atoms with Gasteiger partial charge in [-0.3, -0.25) is 4.79 Å². The molecule has 0 atom stereocenters. The number of hydrogen-bond acceptors (Lipinski definition) is 4. The number of furan rings is 1. The minimum absolute atomic E-state index is 0.186. The largest absolute Gasteiger partial charge is 0.466 e. The molecule has 1 aromatic carbocycles. The van der Waals surface area contributed by atoms with E-state index < -0.39 is 37.6 Å². The summed E-state index contributed by atoms with van der Waals surface area (Å²) in [5.41, 5.74) is -0.451. The summed E-state index contributed by atoms with van der Waals surface area (Å²) in [5.74, 6) is 0.949. The Hall–Kier alpha value is -2.04. The van der Waals surface area contributed by atoms with Crippen molar-refractivity contribution in [1.82, 2.24) is 10.0 Å². The highest BCUT2D eigenvalue weighted by molar-refractivity contribution is 7.89. The molecule has 0 unspecified atom stereocenters. The summed E-state index contributed by atoms with van der Waals surface area (Å²) in [7, 11) is -4.23. The standard InChI is InChI=1S/C17H18ClF3N2O4S/c1-10-7-12(11(2)27-10)9-22-16(24)5-6-23-28(25,26)13-3-4-15(18)14(8-13)17(19,20)21/h3-4,7-8,23H,5-6,9H2,1-2H3,(H,22,24). The van der Waals surface area contributed by atoms with Gasteiger partial charge >= 0.3 is 6.18 Å². The van der Waals surface area contributed by atoms with Gasteiger partial charge in [0.1, 0.15) is 11.5 Å². The number of benzene rings is 1. The first-order chi connectivity index (χ1) is 12.9. The van der Waals surface area contributed by atoms with E-state index in [0.717, 1.165) is 17.7 Å². The highest BCUT2D eigenvalue weighted by Gasteiger charge is 2.34. The van der Waals surface area contributed by atoms with Crippen molar-refractivity contribution < 1.29 is 30.8 Å². The van der Waals surface area contributed by atoms with Crippen LogP contribution in [0.25, 0.3) is 0 Å². The van der Waals surface area contributed by atoms with Gasteiger partial charge in [-0.15, -0.1) is 0 Å². The third-order valence-corrected chi connectivity index (χ3v) is 5.61. The lowest BCUT2D eigenvalue weighted by atomic mass is 10.2. The zero-order chi connectivity index (χ0) is 21.1. The van der Waals surface area contributed by atoms with Crippen LogP contribution in [-0.2, 0) is 27.5 Å². The SMILES string of the molecule is Cc1cc(CNC(=O)CCNS(=O)(=O)c2ccc(Cl)c(C(F)(F)F)c2)c(C)o1. The Bertz CT molecular complexity index is 971. The molecule has 0 aliphatic heterocycles. The summed E-state index contributed by atoms with van der Waals surface area (Å²) < 4.78 is 70.4. The molecule has 2 N–H and O–H groups in total. The molecule has 2 aromatic rings. The van der Waals surface area contributed by atoms with E-state index in [1.807, 2.05) is 0 Å². The van der Waals surface area contributed by atoms with Crippen LogP contribution in [0, 0.1) is 13.8 Å². The summed E-state index contributed by atoms with van der Waals surface area (Å²) in [6.07, 6.45) is -4.97. The van der Waals surface area contributed by atoms with Crippen LogP contribution in [0.4, 0.5) is 13.2 Å². The van der Waals surface area contributed by atoms with Gasteiger partial charge in [0, 0.05) is 25.1 Å². The predicted molar refractivity (Wildman–Crippen MR) is 96.3 cm³/mol. The molecule has 0 fully saturated rings. The van der Waals surface area contributed by atoms with Crippen LogP contribution >= 0.6 is 11.6 Å². The van der Waals surface area contributed by atoms with E-state index in [-0.39, 0.29) is 19.5 Å². The van der Waals surface area contributed by atoms with Gasteiger partial charge in [0.15, 0.2) is 0 Å². The Balaban J connectivity index is 1.93. The van der Waals surface area contributed by atoms with Crippen LogP contribution in [0.15, 0.2) is 33.6 Å². The molecule has 11 heteroatoms. The molecule has 1 heterocycles.